The van der Waals surface area contributed by atoms with Gasteiger partial charge in [-0.05, 0) is 38.3 Å². The molecule has 0 saturated heterocycles. The van der Waals surface area contributed by atoms with Crippen molar-refractivity contribution < 1.29 is 4.79 Å². The van der Waals surface area contributed by atoms with Gasteiger partial charge in [-0.25, -0.2) is 0 Å². The lowest BCUT2D eigenvalue weighted by atomic mass is 9.82. The normalized spacial score (nSPS) is 10.9. The maximum atomic E-state index is 12.6. The van der Waals surface area contributed by atoms with Crippen LogP contribution < -0.4 is 4.90 Å². The molecule has 3 nitrogen and oxygen atoms in total. The Kier molecular flexibility index (Phi) is 4.72. The van der Waals surface area contributed by atoms with Crippen LogP contribution in [0.4, 0.5) is 5.69 Å². The van der Waals surface area contributed by atoms with E-state index in [0.717, 1.165) is 11.3 Å². The molecule has 0 bridgehead atoms. The minimum Gasteiger partial charge on any atom is -0.314 e. The molecular weight excluding hydrogens is 236 g/mol. The van der Waals surface area contributed by atoms with Gasteiger partial charge in [0.25, 0.3) is 0 Å². The summed E-state index contributed by atoms with van der Waals surface area (Å²) in [6, 6.07) is 8.18. The molecule has 19 heavy (non-hydrogen) atoms. The molecule has 0 radical (unpaired) electrons. The van der Waals surface area contributed by atoms with E-state index in [0.29, 0.717) is 12.8 Å². The maximum Gasteiger partial charge on any atom is 0.247 e. The van der Waals surface area contributed by atoms with Crippen molar-refractivity contribution in [1.82, 2.24) is 0 Å². The predicted molar refractivity (Wildman–Crippen MR) is 78.0 cm³/mol. The largest absolute Gasteiger partial charge is 0.314 e. The van der Waals surface area contributed by atoms with Gasteiger partial charge in [-0.3, -0.25) is 4.79 Å². The van der Waals surface area contributed by atoms with Crippen LogP contribution in [0.5, 0.6) is 0 Å². The Morgan fingerprint density at radius 3 is 2.32 bits per heavy atom. The highest BCUT2D eigenvalue weighted by atomic mass is 16.2. The van der Waals surface area contributed by atoms with Gasteiger partial charge in [0.05, 0.1) is 6.07 Å². The molecule has 0 heterocycles. The summed E-state index contributed by atoms with van der Waals surface area (Å²) < 4.78 is 0. The van der Waals surface area contributed by atoms with E-state index < -0.39 is 5.41 Å². The van der Waals surface area contributed by atoms with Gasteiger partial charge in [0, 0.05) is 12.7 Å². The Balaban J connectivity index is 3.16. The van der Waals surface area contributed by atoms with E-state index >= 15 is 0 Å². The summed E-state index contributed by atoms with van der Waals surface area (Å²) in [4.78, 5) is 14.2. The van der Waals surface area contributed by atoms with Crippen LogP contribution in [0.2, 0.25) is 0 Å². The summed E-state index contributed by atoms with van der Waals surface area (Å²) >= 11 is 0. The predicted octanol–water partition coefficient (Wildman–Crippen LogP) is 3.60. The minimum absolute atomic E-state index is 0.119. The summed E-state index contributed by atoms with van der Waals surface area (Å²) in [5.74, 6) is -0.119. The fraction of sp³-hybridized carbons (Fsp3) is 0.500. The number of anilines is 1. The molecule has 1 rings (SSSR count). The average molecular weight is 258 g/mol. The second-order valence-corrected chi connectivity index (χ2v) is 5.06. The van der Waals surface area contributed by atoms with Crippen LogP contribution in [-0.4, -0.2) is 13.0 Å². The van der Waals surface area contributed by atoms with Crippen LogP contribution >= 0.6 is 0 Å². The third kappa shape index (κ3) is 2.78. The number of nitrogens with zero attached hydrogens (tertiary/aromatic N) is 2. The Hall–Kier alpha value is -1.82. The van der Waals surface area contributed by atoms with E-state index in [4.69, 9.17) is 0 Å². The van der Waals surface area contributed by atoms with Crippen molar-refractivity contribution in [2.24, 2.45) is 5.41 Å². The van der Waals surface area contributed by atoms with Crippen molar-refractivity contribution in [2.45, 2.75) is 40.5 Å². The van der Waals surface area contributed by atoms with Gasteiger partial charge in [0.2, 0.25) is 5.91 Å². The number of amides is 1. The molecule has 1 aromatic carbocycles. The molecule has 1 aromatic rings. The minimum atomic E-state index is -0.911. The van der Waals surface area contributed by atoms with Crippen molar-refractivity contribution >= 4 is 11.6 Å². The topological polar surface area (TPSA) is 44.1 Å². The average Bonchev–Trinajstić information content (AvgIpc) is 2.40. The molecule has 0 spiro atoms. The van der Waals surface area contributed by atoms with E-state index in [-0.39, 0.29) is 5.91 Å². The smallest absolute Gasteiger partial charge is 0.247 e. The molecule has 0 aromatic heterocycles. The zero-order valence-electron chi connectivity index (χ0n) is 12.4. The summed E-state index contributed by atoms with van der Waals surface area (Å²) in [7, 11) is 1.75. The molecule has 3 heteroatoms. The number of hydrogen-bond donors (Lipinski definition) is 0. The lowest BCUT2D eigenvalue weighted by Gasteiger charge is -2.29. The summed E-state index contributed by atoms with van der Waals surface area (Å²) in [5.41, 5.74) is 2.18. The number of nitriles is 1. The van der Waals surface area contributed by atoms with Gasteiger partial charge < -0.3 is 4.90 Å². The van der Waals surface area contributed by atoms with Crippen LogP contribution in [0.3, 0.4) is 0 Å². The maximum absolute atomic E-state index is 12.6. The molecular formula is C16H22N2O. The number of carbonyl (C=O) groups is 1. The molecule has 0 aliphatic rings. The fourth-order valence-corrected chi connectivity index (χ4v) is 2.37. The lowest BCUT2D eigenvalue weighted by molar-refractivity contribution is -0.125. The Labute approximate surface area is 115 Å². The monoisotopic (exact) mass is 258 g/mol. The van der Waals surface area contributed by atoms with Crippen LogP contribution in [0, 0.1) is 30.6 Å². The molecule has 0 N–H and O–H groups in total. The first-order valence-corrected chi connectivity index (χ1v) is 6.68. The summed E-state index contributed by atoms with van der Waals surface area (Å²) in [6.45, 7) is 7.79. The van der Waals surface area contributed by atoms with Crippen molar-refractivity contribution in [3.8, 4) is 6.07 Å². The molecule has 102 valence electrons. The molecule has 0 atom stereocenters. The zero-order chi connectivity index (χ0) is 14.6. The highest BCUT2D eigenvalue weighted by Crippen LogP contribution is 2.31. The number of rotatable bonds is 4. The van der Waals surface area contributed by atoms with E-state index in [9.17, 15) is 10.1 Å². The summed E-state index contributed by atoms with van der Waals surface area (Å²) in [5, 5.41) is 9.36. The third-order valence-electron chi connectivity index (χ3n) is 3.85. The van der Waals surface area contributed by atoms with Crippen LogP contribution in [0.1, 0.15) is 37.8 Å². The van der Waals surface area contributed by atoms with Crippen molar-refractivity contribution in [1.29, 1.82) is 5.26 Å². The highest BCUT2D eigenvalue weighted by Gasteiger charge is 2.37. The van der Waals surface area contributed by atoms with E-state index in [1.54, 1.807) is 11.9 Å². The molecule has 1 amide bonds. The second-order valence-electron chi connectivity index (χ2n) is 5.06. The number of hydrogen-bond acceptors (Lipinski definition) is 2. The number of carbonyl (C=O) groups excluding carboxylic acids is 1. The van der Waals surface area contributed by atoms with Gasteiger partial charge in [-0.2, -0.15) is 5.26 Å². The quantitative estimate of drug-likeness (QED) is 0.828. The van der Waals surface area contributed by atoms with Crippen LogP contribution in [-0.2, 0) is 4.79 Å². The van der Waals surface area contributed by atoms with Gasteiger partial charge >= 0.3 is 0 Å². The first-order valence-electron chi connectivity index (χ1n) is 6.68. The Morgan fingerprint density at radius 1 is 1.32 bits per heavy atom. The van der Waals surface area contributed by atoms with Gasteiger partial charge in [-0.1, -0.05) is 31.5 Å². The van der Waals surface area contributed by atoms with Crippen LogP contribution in [0.15, 0.2) is 18.2 Å². The molecule has 0 saturated carbocycles. The first kappa shape index (κ1) is 15.2. The zero-order valence-corrected chi connectivity index (χ0v) is 12.4. The third-order valence-corrected chi connectivity index (χ3v) is 3.85. The van der Waals surface area contributed by atoms with Crippen LogP contribution in [0.25, 0.3) is 0 Å². The van der Waals surface area contributed by atoms with Gasteiger partial charge in [-0.15, -0.1) is 0 Å². The van der Waals surface area contributed by atoms with Gasteiger partial charge in [0.1, 0.15) is 5.41 Å². The van der Waals surface area contributed by atoms with E-state index in [1.807, 2.05) is 45.9 Å². The Morgan fingerprint density at radius 2 is 1.89 bits per heavy atom. The SMILES string of the molecule is CCC(C#N)(CC)C(=O)N(C)c1ccc(C)cc1C. The van der Waals surface area contributed by atoms with Crippen molar-refractivity contribution in [3.05, 3.63) is 29.3 Å². The standard InChI is InChI=1S/C16H22N2O/c1-6-16(7-2,11-17)15(19)18(5)14-9-8-12(3)10-13(14)4/h8-10H,6-7H2,1-5H3. The lowest BCUT2D eigenvalue weighted by Crippen LogP contribution is -2.41. The Bertz CT molecular complexity index is 510. The first-order chi connectivity index (χ1) is 8.91. The number of benzene rings is 1. The van der Waals surface area contributed by atoms with E-state index in [1.165, 1.54) is 5.56 Å². The van der Waals surface area contributed by atoms with Crippen molar-refractivity contribution in [2.75, 3.05) is 11.9 Å². The molecule has 0 unspecified atom stereocenters. The van der Waals surface area contributed by atoms with Crippen molar-refractivity contribution in [3.63, 3.8) is 0 Å². The second kappa shape index (κ2) is 5.88. The molecule has 0 fully saturated rings. The van der Waals surface area contributed by atoms with Gasteiger partial charge in [0.15, 0.2) is 0 Å². The number of aryl methyl sites for hydroxylation is 2. The fourth-order valence-electron chi connectivity index (χ4n) is 2.37. The summed E-state index contributed by atoms with van der Waals surface area (Å²) in [6.07, 6.45) is 1.07. The molecule has 0 aliphatic carbocycles. The highest BCUT2D eigenvalue weighted by molar-refractivity contribution is 5.99. The van der Waals surface area contributed by atoms with E-state index in [2.05, 4.69) is 6.07 Å². The molecule has 0 aliphatic heterocycles.